The quantitative estimate of drug-likeness (QED) is 0.203. The summed E-state index contributed by atoms with van der Waals surface area (Å²) < 4.78 is 23.7. The highest BCUT2D eigenvalue weighted by atomic mass is 16.6. The van der Waals surface area contributed by atoms with Gasteiger partial charge in [0.1, 0.15) is 22.6 Å². The number of rotatable bonds is 15. The maximum absolute atomic E-state index is 11.7. The number of hydrogen-bond acceptors (Lipinski definition) is 6. The van der Waals surface area contributed by atoms with Gasteiger partial charge in [-0.2, -0.15) is 0 Å². The summed E-state index contributed by atoms with van der Waals surface area (Å²) in [6, 6.07) is 16.9. The van der Waals surface area contributed by atoms with Crippen LogP contribution in [-0.2, 0) is 34.8 Å². The number of carbonyl (C=O) groups excluding carboxylic acids is 2. The van der Waals surface area contributed by atoms with E-state index in [2.05, 4.69) is 64.1 Å². The fraction of sp³-hybridized carbons (Fsp3) is 0.600. The second kappa shape index (κ2) is 13.1. The van der Waals surface area contributed by atoms with Crippen molar-refractivity contribution in [2.45, 2.75) is 124 Å². The van der Waals surface area contributed by atoms with Gasteiger partial charge in [0.2, 0.25) is 0 Å². The third-order valence-electron chi connectivity index (χ3n) is 7.87. The monoisotopic (exact) mass is 568 g/mol. The van der Waals surface area contributed by atoms with Crippen molar-refractivity contribution in [1.29, 1.82) is 0 Å². The molecule has 0 saturated carbocycles. The highest BCUT2D eigenvalue weighted by molar-refractivity contribution is 5.83. The average molecular weight is 569 g/mol. The smallest absolute Gasteiger partial charge is 0.303 e. The van der Waals surface area contributed by atoms with Gasteiger partial charge in [0.25, 0.3) is 0 Å². The van der Waals surface area contributed by atoms with Gasteiger partial charge in [0.05, 0.1) is 18.8 Å². The first kappa shape index (κ1) is 34.5. The SMILES string of the molecule is CC(=O)OC(C)(C)CCOC(C)(C)c1ccc(C(C)(C)c2ccc(OC(C)(C)CCOC(C)(C)C(C)=O)cc2)cc1. The first-order valence-corrected chi connectivity index (χ1v) is 14.6. The number of ether oxygens (including phenoxy) is 4. The topological polar surface area (TPSA) is 71.1 Å². The van der Waals surface area contributed by atoms with E-state index in [1.807, 2.05) is 39.8 Å². The van der Waals surface area contributed by atoms with Gasteiger partial charge in [-0.15, -0.1) is 0 Å². The molecule has 0 bridgehead atoms. The zero-order valence-corrected chi connectivity index (χ0v) is 27.4. The fourth-order valence-corrected chi connectivity index (χ4v) is 4.49. The molecule has 0 aliphatic heterocycles. The number of Topliss-reactive ketones (excluding diaryl/α,β-unsaturated/α-hetero) is 1. The summed E-state index contributed by atoms with van der Waals surface area (Å²) in [5.41, 5.74) is 0.999. The van der Waals surface area contributed by atoms with E-state index in [0.717, 1.165) is 11.3 Å². The zero-order chi connectivity index (χ0) is 31.3. The Morgan fingerprint density at radius 3 is 1.54 bits per heavy atom. The fourth-order valence-electron chi connectivity index (χ4n) is 4.49. The molecule has 0 aliphatic carbocycles. The zero-order valence-electron chi connectivity index (χ0n) is 27.4. The molecule has 0 aromatic heterocycles. The Bertz CT molecular complexity index is 1150. The minimum atomic E-state index is -0.784. The number of hydrogen-bond donors (Lipinski definition) is 0. The molecule has 0 unspecified atom stereocenters. The van der Waals surface area contributed by atoms with Crippen LogP contribution in [0.25, 0.3) is 0 Å². The Labute approximate surface area is 248 Å². The highest BCUT2D eigenvalue weighted by Gasteiger charge is 2.29. The molecule has 2 aromatic rings. The van der Waals surface area contributed by atoms with Crippen molar-refractivity contribution in [1.82, 2.24) is 0 Å². The second-order valence-electron chi connectivity index (χ2n) is 13.7. The van der Waals surface area contributed by atoms with E-state index in [4.69, 9.17) is 18.9 Å². The lowest BCUT2D eigenvalue weighted by atomic mass is 9.77. The predicted molar refractivity (Wildman–Crippen MR) is 164 cm³/mol. The first-order valence-electron chi connectivity index (χ1n) is 14.6. The lowest BCUT2D eigenvalue weighted by molar-refractivity contribution is -0.156. The van der Waals surface area contributed by atoms with Gasteiger partial charge in [0.15, 0.2) is 5.78 Å². The van der Waals surface area contributed by atoms with E-state index in [9.17, 15) is 9.59 Å². The molecular formula is C35H52O6. The molecule has 6 nitrogen and oxygen atoms in total. The molecule has 228 valence electrons. The molecule has 0 saturated heterocycles. The number of carbonyl (C=O) groups is 2. The Balaban J connectivity index is 2.03. The first-order chi connectivity index (χ1) is 18.7. The summed E-state index contributed by atoms with van der Waals surface area (Å²) in [7, 11) is 0. The number of ketones is 1. The van der Waals surface area contributed by atoms with Crippen LogP contribution >= 0.6 is 0 Å². The van der Waals surface area contributed by atoms with Crippen molar-refractivity contribution >= 4 is 11.8 Å². The molecule has 0 fully saturated rings. The molecule has 6 heteroatoms. The van der Waals surface area contributed by atoms with E-state index in [0.29, 0.717) is 26.1 Å². The molecule has 0 N–H and O–H groups in total. The minimum Gasteiger partial charge on any atom is -0.488 e. The van der Waals surface area contributed by atoms with Crippen LogP contribution < -0.4 is 4.74 Å². The third-order valence-corrected chi connectivity index (χ3v) is 7.87. The van der Waals surface area contributed by atoms with E-state index >= 15 is 0 Å². The summed E-state index contributed by atoms with van der Waals surface area (Å²) in [4.78, 5) is 23.0. The van der Waals surface area contributed by atoms with Gasteiger partial charge in [-0.3, -0.25) is 9.59 Å². The molecule has 0 radical (unpaired) electrons. The maximum atomic E-state index is 11.7. The van der Waals surface area contributed by atoms with Gasteiger partial charge in [-0.1, -0.05) is 50.2 Å². The third kappa shape index (κ3) is 10.3. The number of esters is 1. The van der Waals surface area contributed by atoms with Crippen molar-refractivity contribution in [3.05, 3.63) is 65.2 Å². The summed E-state index contributed by atoms with van der Waals surface area (Å²) in [5.74, 6) is 0.528. The molecule has 0 atom stereocenters. The van der Waals surface area contributed by atoms with E-state index in [1.54, 1.807) is 20.8 Å². The molecule has 41 heavy (non-hydrogen) atoms. The summed E-state index contributed by atoms with van der Waals surface area (Å²) in [6.45, 7) is 23.9. The lowest BCUT2D eigenvalue weighted by Crippen LogP contribution is -2.36. The minimum absolute atomic E-state index is 0.0123. The largest absolute Gasteiger partial charge is 0.488 e. The van der Waals surface area contributed by atoms with Crippen LogP contribution in [0.5, 0.6) is 5.75 Å². The Kier molecular flexibility index (Phi) is 11.0. The second-order valence-corrected chi connectivity index (χ2v) is 13.7. The molecule has 0 spiro atoms. The van der Waals surface area contributed by atoms with Crippen LogP contribution in [-0.4, -0.2) is 41.8 Å². The highest BCUT2D eigenvalue weighted by Crippen LogP contribution is 2.35. The normalized spacial score (nSPS) is 13.2. The Hall–Kier alpha value is -2.70. The van der Waals surface area contributed by atoms with Crippen molar-refractivity contribution in [2.24, 2.45) is 0 Å². The van der Waals surface area contributed by atoms with Crippen LogP contribution in [0.4, 0.5) is 0 Å². The molecule has 2 rings (SSSR count). The van der Waals surface area contributed by atoms with Crippen molar-refractivity contribution in [3.8, 4) is 5.75 Å². The van der Waals surface area contributed by atoms with E-state index in [-0.39, 0.29) is 17.2 Å². The Morgan fingerprint density at radius 2 is 1.05 bits per heavy atom. The predicted octanol–water partition coefficient (Wildman–Crippen LogP) is 7.93. The van der Waals surface area contributed by atoms with Crippen molar-refractivity contribution in [3.63, 3.8) is 0 Å². The van der Waals surface area contributed by atoms with Crippen LogP contribution in [0.1, 0.15) is 113 Å². The lowest BCUT2D eigenvalue weighted by Gasteiger charge is -2.31. The summed E-state index contributed by atoms with van der Waals surface area (Å²) in [6.07, 6.45) is 1.27. The van der Waals surface area contributed by atoms with Gasteiger partial charge in [-0.25, -0.2) is 0 Å². The van der Waals surface area contributed by atoms with Gasteiger partial charge in [0, 0.05) is 25.2 Å². The van der Waals surface area contributed by atoms with Crippen LogP contribution in [0.2, 0.25) is 0 Å². The van der Waals surface area contributed by atoms with Gasteiger partial charge >= 0.3 is 5.97 Å². The van der Waals surface area contributed by atoms with Gasteiger partial charge in [-0.05, 0) is 91.1 Å². The standard InChI is InChI=1S/C35H52O6/c1-25(36)34(9,10)38-23-22-32(5,6)41-30-19-17-28(18-20-30)33(7,8)27-13-15-29(16-14-27)35(11,12)39-24-21-31(3,4)40-26(2)37/h13-20H,21-24H2,1-12H3. The molecular weight excluding hydrogens is 516 g/mol. The molecule has 2 aromatic carbocycles. The van der Waals surface area contributed by atoms with E-state index < -0.39 is 22.4 Å². The summed E-state index contributed by atoms with van der Waals surface area (Å²) in [5, 5.41) is 0. The van der Waals surface area contributed by atoms with Crippen molar-refractivity contribution in [2.75, 3.05) is 13.2 Å². The van der Waals surface area contributed by atoms with Crippen molar-refractivity contribution < 1.29 is 28.5 Å². The average Bonchev–Trinajstić information content (AvgIpc) is 2.82. The van der Waals surface area contributed by atoms with Crippen LogP contribution in [0.3, 0.4) is 0 Å². The number of benzene rings is 2. The van der Waals surface area contributed by atoms with Crippen LogP contribution in [0.15, 0.2) is 48.5 Å². The van der Waals surface area contributed by atoms with Crippen LogP contribution in [0, 0.1) is 0 Å². The molecule has 0 amide bonds. The van der Waals surface area contributed by atoms with Gasteiger partial charge < -0.3 is 18.9 Å². The maximum Gasteiger partial charge on any atom is 0.303 e. The molecule has 0 aliphatic rings. The summed E-state index contributed by atoms with van der Waals surface area (Å²) >= 11 is 0. The molecule has 0 heterocycles. The Morgan fingerprint density at radius 1 is 0.610 bits per heavy atom. The van der Waals surface area contributed by atoms with E-state index in [1.165, 1.54) is 18.1 Å².